The minimum atomic E-state index is -0.319. The zero-order valence-corrected chi connectivity index (χ0v) is 21.0. The third-order valence-electron chi connectivity index (χ3n) is 7.33. The van der Waals surface area contributed by atoms with E-state index in [0.29, 0.717) is 24.4 Å². The SMILES string of the molecule is CCC1=C(C)C(=C2C(=O)C(c3ccc(N(CC)CCOC(=O)C4CCCC4)cc3O)=C2O)N=C1C. The number of phenolic OH excluding ortho intramolecular Hbond substituents is 1. The van der Waals surface area contributed by atoms with Crippen LogP contribution < -0.4 is 4.90 Å². The van der Waals surface area contributed by atoms with Crippen LogP contribution in [0.2, 0.25) is 0 Å². The van der Waals surface area contributed by atoms with Gasteiger partial charge < -0.3 is 19.8 Å². The molecule has 4 rings (SSSR count). The Morgan fingerprint density at radius 3 is 2.43 bits per heavy atom. The van der Waals surface area contributed by atoms with Gasteiger partial charge in [-0.25, -0.2) is 0 Å². The Hall–Kier alpha value is -3.35. The number of aliphatic hydroxyl groups is 1. The summed E-state index contributed by atoms with van der Waals surface area (Å²) in [5.74, 6) is -0.630. The number of anilines is 1. The van der Waals surface area contributed by atoms with Crippen LogP contribution in [0.5, 0.6) is 5.75 Å². The molecule has 0 saturated heterocycles. The molecule has 0 aromatic heterocycles. The maximum Gasteiger partial charge on any atom is 0.308 e. The van der Waals surface area contributed by atoms with E-state index in [1.165, 1.54) is 0 Å². The number of esters is 1. The van der Waals surface area contributed by atoms with Gasteiger partial charge in [-0.2, -0.15) is 0 Å². The van der Waals surface area contributed by atoms with Crippen molar-refractivity contribution in [2.24, 2.45) is 10.9 Å². The van der Waals surface area contributed by atoms with Gasteiger partial charge in [0.25, 0.3) is 0 Å². The van der Waals surface area contributed by atoms with E-state index in [1.54, 1.807) is 18.2 Å². The van der Waals surface area contributed by atoms with Gasteiger partial charge in [0, 0.05) is 29.6 Å². The van der Waals surface area contributed by atoms with Crippen molar-refractivity contribution in [1.82, 2.24) is 0 Å². The molecule has 1 aromatic rings. The Balaban J connectivity index is 1.50. The number of ether oxygens (including phenoxy) is 1. The van der Waals surface area contributed by atoms with E-state index < -0.39 is 0 Å². The second kappa shape index (κ2) is 10.1. The van der Waals surface area contributed by atoms with Gasteiger partial charge in [-0.05, 0) is 63.3 Å². The van der Waals surface area contributed by atoms with E-state index in [4.69, 9.17) is 4.74 Å². The molecule has 1 aliphatic heterocycles. The fraction of sp³-hybridized carbons (Fsp3) is 0.464. The molecule has 0 unspecified atom stereocenters. The number of phenols is 1. The number of likely N-dealkylation sites (N-methyl/N-ethyl adjacent to an activating group) is 1. The number of aromatic hydroxyl groups is 1. The van der Waals surface area contributed by atoms with E-state index in [-0.39, 0.29) is 46.9 Å². The highest BCUT2D eigenvalue weighted by Crippen LogP contribution is 2.44. The predicted octanol–water partition coefficient (Wildman–Crippen LogP) is 5.26. The van der Waals surface area contributed by atoms with Crippen molar-refractivity contribution in [3.05, 3.63) is 51.9 Å². The number of aliphatic hydroxyl groups excluding tert-OH is 1. The quantitative estimate of drug-likeness (QED) is 0.391. The van der Waals surface area contributed by atoms with E-state index >= 15 is 0 Å². The fourth-order valence-corrected chi connectivity index (χ4v) is 5.30. The molecule has 35 heavy (non-hydrogen) atoms. The first-order valence-electron chi connectivity index (χ1n) is 12.5. The molecule has 3 aliphatic rings. The maximum absolute atomic E-state index is 13.0. The zero-order chi connectivity index (χ0) is 25.3. The molecule has 0 amide bonds. The van der Waals surface area contributed by atoms with Gasteiger partial charge in [-0.1, -0.05) is 19.8 Å². The third kappa shape index (κ3) is 4.51. The van der Waals surface area contributed by atoms with Gasteiger partial charge in [-0.15, -0.1) is 0 Å². The molecule has 0 bridgehead atoms. The Kier molecular flexibility index (Phi) is 7.15. The summed E-state index contributed by atoms with van der Waals surface area (Å²) in [6.07, 6.45) is 4.80. The molecule has 186 valence electrons. The van der Waals surface area contributed by atoms with Crippen molar-refractivity contribution < 1.29 is 24.5 Å². The third-order valence-corrected chi connectivity index (χ3v) is 7.33. The molecule has 7 heteroatoms. The average Bonchev–Trinajstić information content (AvgIpc) is 3.46. The van der Waals surface area contributed by atoms with Crippen LogP contribution in [-0.4, -0.2) is 47.4 Å². The molecule has 0 radical (unpaired) electrons. The first-order valence-corrected chi connectivity index (χ1v) is 12.5. The topological polar surface area (TPSA) is 99.4 Å². The molecule has 2 aliphatic carbocycles. The molecular formula is C28H34N2O5. The summed E-state index contributed by atoms with van der Waals surface area (Å²) in [5, 5.41) is 21.5. The lowest BCUT2D eigenvalue weighted by Gasteiger charge is -2.26. The number of aliphatic imine (C=N–C) groups is 1. The number of hydrogen-bond donors (Lipinski definition) is 2. The van der Waals surface area contributed by atoms with E-state index in [1.807, 2.05) is 32.6 Å². The number of rotatable bonds is 8. The normalized spacial score (nSPS) is 20.5. The molecule has 1 saturated carbocycles. The van der Waals surface area contributed by atoms with E-state index in [2.05, 4.69) is 4.99 Å². The molecule has 0 spiro atoms. The first kappa shape index (κ1) is 24.8. The molecule has 1 heterocycles. The van der Waals surface area contributed by atoms with Crippen LogP contribution in [0, 0.1) is 5.92 Å². The lowest BCUT2D eigenvalue weighted by Crippen LogP contribution is -2.29. The smallest absolute Gasteiger partial charge is 0.308 e. The van der Waals surface area contributed by atoms with Crippen LogP contribution in [0.25, 0.3) is 5.57 Å². The molecule has 1 aromatic carbocycles. The summed E-state index contributed by atoms with van der Waals surface area (Å²) >= 11 is 0. The summed E-state index contributed by atoms with van der Waals surface area (Å²) in [6, 6.07) is 5.02. The second-order valence-corrected chi connectivity index (χ2v) is 9.36. The van der Waals surface area contributed by atoms with Crippen molar-refractivity contribution in [2.45, 2.75) is 59.8 Å². The van der Waals surface area contributed by atoms with E-state index in [9.17, 15) is 19.8 Å². The highest BCUT2D eigenvalue weighted by molar-refractivity contribution is 6.40. The van der Waals surface area contributed by atoms with Crippen molar-refractivity contribution in [1.29, 1.82) is 0 Å². The van der Waals surface area contributed by atoms with Gasteiger partial charge >= 0.3 is 5.97 Å². The van der Waals surface area contributed by atoms with Crippen LogP contribution in [0.3, 0.4) is 0 Å². The van der Waals surface area contributed by atoms with Crippen LogP contribution in [0.15, 0.2) is 51.4 Å². The van der Waals surface area contributed by atoms with Gasteiger partial charge in [0.2, 0.25) is 5.78 Å². The first-order chi connectivity index (χ1) is 16.8. The van der Waals surface area contributed by atoms with Crippen LogP contribution in [0.4, 0.5) is 5.69 Å². The highest BCUT2D eigenvalue weighted by atomic mass is 16.5. The standard InChI is InChI=1S/C28H34N2O5/c1-5-20-16(3)25(29-17(20)4)24-26(32)23(27(24)33)21-12-11-19(15-22(21)31)30(6-2)13-14-35-28(34)18-9-7-8-10-18/h11-12,15,18,31-32H,5-10,13-14H2,1-4H3. The number of carbonyl (C=O) groups excluding carboxylic acids is 2. The summed E-state index contributed by atoms with van der Waals surface area (Å²) in [6.45, 7) is 9.27. The van der Waals surface area contributed by atoms with Crippen molar-refractivity contribution in [3.63, 3.8) is 0 Å². The molecular weight excluding hydrogens is 444 g/mol. The van der Waals surface area contributed by atoms with Crippen molar-refractivity contribution >= 4 is 28.7 Å². The Bertz CT molecular complexity index is 1180. The molecule has 1 fully saturated rings. The Morgan fingerprint density at radius 2 is 1.86 bits per heavy atom. The minimum Gasteiger partial charge on any atom is -0.507 e. The summed E-state index contributed by atoms with van der Waals surface area (Å²) in [7, 11) is 0. The van der Waals surface area contributed by atoms with Gasteiger partial charge in [0.1, 0.15) is 18.1 Å². The predicted molar refractivity (Wildman–Crippen MR) is 137 cm³/mol. The van der Waals surface area contributed by atoms with Gasteiger partial charge in [0.05, 0.1) is 29.3 Å². The number of nitrogens with zero attached hydrogens (tertiary/aromatic N) is 2. The number of Topliss-reactive ketones (excluding diaryl/α,β-unsaturated/α-hetero) is 1. The number of benzene rings is 1. The lowest BCUT2D eigenvalue weighted by atomic mass is 9.81. The van der Waals surface area contributed by atoms with Crippen LogP contribution >= 0.6 is 0 Å². The summed E-state index contributed by atoms with van der Waals surface area (Å²) in [5.41, 5.74) is 4.74. The Labute approximate surface area is 206 Å². The molecule has 7 nitrogen and oxygen atoms in total. The summed E-state index contributed by atoms with van der Waals surface area (Å²) in [4.78, 5) is 31.7. The van der Waals surface area contributed by atoms with Gasteiger partial charge in [0.15, 0.2) is 0 Å². The van der Waals surface area contributed by atoms with Crippen molar-refractivity contribution in [3.8, 4) is 5.75 Å². The second-order valence-electron chi connectivity index (χ2n) is 9.36. The number of carbonyl (C=O) groups is 2. The number of allylic oxidation sites excluding steroid dienone is 4. The van der Waals surface area contributed by atoms with Gasteiger partial charge in [-0.3, -0.25) is 14.6 Å². The monoisotopic (exact) mass is 478 g/mol. The Morgan fingerprint density at radius 1 is 1.14 bits per heavy atom. The molecule has 0 atom stereocenters. The fourth-order valence-electron chi connectivity index (χ4n) is 5.30. The lowest BCUT2D eigenvalue weighted by molar-refractivity contribution is -0.148. The largest absolute Gasteiger partial charge is 0.507 e. The number of ketones is 1. The highest BCUT2D eigenvalue weighted by Gasteiger charge is 2.40. The average molecular weight is 479 g/mol. The van der Waals surface area contributed by atoms with E-state index in [0.717, 1.165) is 54.6 Å². The van der Waals surface area contributed by atoms with Crippen molar-refractivity contribution in [2.75, 3.05) is 24.6 Å². The summed E-state index contributed by atoms with van der Waals surface area (Å²) < 4.78 is 5.47. The minimum absolute atomic E-state index is 0.0286. The molecule has 2 N–H and O–H groups in total. The number of hydrogen-bond acceptors (Lipinski definition) is 7. The zero-order valence-electron chi connectivity index (χ0n) is 21.0. The van der Waals surface area contributed by atoms with Crippen LogP contribution in [0.1, 0.15) is 65.4 Å². The van der Waals surface area contributed by atoms with Crippen LogP contribution in [-0.2, 0) is 14.3 Å². The maximum atomic E-state index is 13.0.